The van der Waals surface area contributed by atoms with E-state index < -0.39 is 13.2 Å². The maximum absolute atomic E-state index is 14.1. The van der Waals surface area contributed by atoms with Crippen molar-refractivity contribution < 1.29 is 19.2 Å². The van der Waals surface area contributed by atoms with E-state index in [4.69, 9.17) is 9.84 Å². The van der Waals surface area contributed by atoms with Crippen molar-refractivity contribution in [2.45, 2.75) is 44.8 Å². The van der Waals surface area contributed by atoms with Crippen molar-refractivity contribution in [3.8, 4) is 5.75 Å². The molecule has 0 saturated carbocycles. The number of carbonyl (C=O) groups is 1. The fourth-order valence-electron chi connectivity index (χ4n) is 4.20. The molecule has 3 rings (SSSR count). The van der Waals surface area contributed by atoms with E-state index in [0.717, 1.165) is 43.6 Å². The summed E-state index contributed by atoms with van der Waals surface area (Å²) in [6.07, 6.45) is 4.74. The van der Waals surface area contributed by atoms with Crippen LogP contribution in [0.15, 0.2) is 84.9 Å². The van der Waals surface area contributed by atoms with Crippen molar-refractivity contribution in [3.05, 3.63) is 102 Å². The fourth-order valence-corrected chi connectivity index (χ4v) is 7.08. The number of benzene rings is 3. The van der Waals surface area contributed by atoms with Crippen molar-refractivity contribution in [2.75, 3.05) is 18.9 Å². The van der Waals surface area contributed by atoms with Crippen LogP contribution >= 0.6 is 7.14 Å². The van der Waals surface area contributed by atoms with Crippen molar-refractivity contribution in [1.82, 2.24) is 5.32 Å². The third-order valence-corrected chi connectivity index (χ3v) is 9.22. The van der Waals surface area contributed by atoms with Gasteiger partial charge in [-0.25, -0.2) is 4.79 Å². The number of aryl methyl sites for hydroxylation is 2. The van der Waals surface area contributed by atoms with Gasteiger partial charge in [0.2, 0.25) is 0 Å². The average Bonchev–Trinajstić information content (AvgIpc) is 2.84. The Labute approximate surface area is 208 Å². The molecule has 1 atom stereocenters. The minimum absolute atomic E-state index is 0.253. The predicted molar refractivity (Wildman–Crippen MR) is 143 cm³/mol. The lowest BCUT2D eigenvalue weighted by atomic mass is 10.1. The highest BCUT2D eigenvalue weighted by Gasteiger charge is 2.22. The molecule has 1 amide bonds. The van der Waals surface area contributed by atoms with Gasteiger partial charge in [0.05, 0.1) is 13.2 Å². The molecule has 0 aromatic heterocycles. The number of rotatable bonds is 14. The summed E-state index contributed by atoms with van der Waals surface area (Å²) < 4.78 is 19.8. The molecule has 0 aliphatic carbocycles. The number of carboxylic acid groups (broad SMARTS) is 1. The van der Waals surface area contributed by atoms with E-state index >= 15 is 0 Å². The van der Waals surface area contributed by atoms with Gasteiger partial charge in [-0.3, -0.25) is 0 Å². The summed E-state index contributed by atoms with van der Waals surface area (Å²) in [5.41, 5.74) is 3.63. The molecular weight excluding hydrogens is 457 g/mol. The maximum Gasteiger partial charge on any atom is 0.404 e. The fraction of sp³-hybridized carbons (Fsp3) is 0.345. The van der Waals surface area contributed by atoms with E-state index in [1.165, 1.54) is 11.1 Å². The minimum atomic E-state index is -2.39. The molecule has 0 fully saturated rings. The van der Waals surface area contributed by atoms with Crippen LogP contribution in [-0.4, -0.2) is 36.2 Å². The Balaban J connectivity index is 1.58. The maximum atomic E-state index is 14.1. The summed E-state index contributed by atoms with van der Waals surface area (Å²) in [6, 6.07) is 28.2. The smallest absolute Gasteiger partial charge is 0.404 e. The summed E-state index contributed by atoms with van der Waals surface area (Å²) in [7, 11) is -2.39. The van der Waals surface area contributed by atoms with Crippen LogP contribution in [0.5, 0.6) is 5.75 Å². The zero-order valence-electron chi connectivity index (χ0n) is 20.4. The van der Waals surface area contributed by atoms with E-state index in [9.17, 15) is 9.36 Å². The molecule has 186 valence electrons. The van der Waals surface area contributed by atoms with Gasteiger partial charge < -0.3 is 19.7 Å². The second-order valence-corrected chi connectivity index (χ2v) is 12.5. The van der Waals surface area contributed by atoms with Gasteiger partial charge in [-0.05, 0) is 61.4 Å². The van der Waals surface area contributed by atoms with Crippen molar-refractivity contribution in [3.63, 3.8) is 0 Å². The summed E-state index contributed by atoms with van der Waals surface area (Å²) in [5.74, 6) is 0.677. The zero-order chi connectivity index (χ0) is 24.9. The van der Waals surface area contributed by atoms with Gasteiger partial charge in [-0.1, -0.05) is 72.8 Å². The molecule has 0 saturated heterocycles. The second kappa shape index (κ2) is 13.7. The van der Waals surface area contributed by atoms with Gasteiger partial charge in [-0.15, -0.1) is 0 Å². The molecule has 0 spiro atoms. The highest BCUT2D eigenvalue weighted by atomic mass is 31.2. The van der Waals surface area contributed by atoms with E-state index in [-0.39, 0.29) is 12.6 Å². The lowest BCUT2D eigenvalue weighted by Crippen LogP contribution is -2.35. The van der Waals surface area contributed by atoms with E-state index in [1.807, 2.05) is 36.4 Å². The standard InChI is InChI=1S/C29H36NO4P/c1-24(30-29(31)32)22-34-28-18-16-27(17-19-28)23-35(33,20-8-14-25-10-4-2-5-11-25)21-9-15-26-12-6-3-7-13-26/h2-7,10-13,16-19,24,30H,8-9,14-15,20-23H2,1H3,(H,31,32)/t24-/m1/s1. The summed E-state index contributed by atoms with van der Waals surface area (Å²) in [6.45, 7) is 2.01. The van der Waals surface area contributed by atoms with Crippen LogP contribution in [-0.2, 0) is 23.6 Å². The molecule has 0 aliphatic heterocycles. The van der Waals surface area contributed by atoms with E-state index in [1.54, 1.807) is 6.92 Å². The highest BCUT2D eigenvalue weighted by Crippen LogP contribution is 2.50. The summed E-state index contributed by atoms with van der Waals surface area (Å²) >= 11 is 0. The molecule has 5 nitrogen and oxygen atoms in total. The quantitative estimate of drug-likeness (QED) is 0.241. The predicted octanol–water partition coefficient (Wildman–Crippen LogP) is 6.85. The molecule has 0 heterocycles. The molecule has 0 bridgehead atoms. The molecule has 2 N–H and O–H groups in total. The number of amides is 1. The monoisotopic (exact) mass is 493 g/mol. The Morgan fingerprint density at radius 3 is 1.83 bits per heavy atom. The molecule has 3 aromatic rings. The minimum Gasteiger partial charge on any atom is -0.491 e. The van der Waals surface area contributed by atoms with Crippen LogP contribution in [0, 0.1) is 0 Å². The Morgan fingerprint density at radius 2 is 1.34 bits per heavy atom. The van der Waals surface area contributed by atoms with Crippen molar-refractivity contribution in [1.29, 1.82) is 0 Å². The molecule has 35 heavy (non-hydrogen) atoms. The SMILES string of the molecule is C[C@H](COc1ccc(CP(=O)(CCCc2ccccc2)CCCc2ccccc2)cc1)NC(=O)O. The first kappa shape index (κ1) is 26.6. The van der Waals surface area contributed by atoms with Gasteiger partial charge in [0.25, 0.3) is 0 Å². The number of nitrogens with one attached hydrogen (secondary N) is 1. The Bertz CT molecular complexity index is 1020. The van der Waals surface area contributed by atoms with Crippen LogP contribution in [0.1, 0.15) is 36.5 Å². The highest BCUT2D eigenvalue weighted by molar-refractivity contribution is 7.63. The number of hydrogen-bond donors (Lipinski definition) is 2. The third-order valence-electron chi connectivity index (χ3n) is 6.01. The van der Waals surface area contributed by atoms with Gasteiger partial charge in [-0.2, -0.15) is 0 Å². The second-order valence-electron chi connectivity index (χ2n) is 9.15. The average molecular weight is 494 g/mol. The first-order valence-electron chi connectivity index (χ1n) is 12.3. The van der Waals surface area contributed by atoms with Crippen molar-refractivity contribution in [2.24, 2.45) is 0 Å². The van der Waals surface area contributed by atoms with E-state index in [2.05, 4.69) is 53.8 Å². The summed E-state index contributed by atoms with van der Waals surface area (Å²) in [4.78, 5) is 10.7. The van der Waals surface area contributed by atoms with Gasteiger partial charge in [0, 0.05) is 18.5 Å². The molecule has 6 heteroatoms. The van der Waals surface area contributed by atoms with Gasteiger partial charge >= 0.3 is 6.09 Å². The zero-order valence-corrected chi connectivity index (χ0v) is 21.3. The largest absolute Gasteiger partial charge is 0.491 e. The molecule has 3 aromatic carbocycles. The van der Waals surface area contributed by atoms with Gasteiger partial charge in [0.1, 0.15) is 12.4 Å². The summed E-state index contributed by atoms with van der Waals surface area (Å²) in [5, 5.41) is 11.2. The first-order valence-corrected chi connectivity index (χ1v) is 14.5. The molecule has 0 radical (unpaired) electrons. The van der Waals surface area contributed by atoms with Crippen LogP contribution < -0.4 is 10.1 Å². The Morgan fingerprint density at radius 1 is 0.829 bits per heavy atom. The van der Waals surface area contributed by atoms with Crippen LogP contribution in [0.3, 0.4) is 0 Å². The third kappa shape index (κ3) is 10.00. The molecule has 0 unspecified atom stereocenters. The van der Waals surface area contributed by atoms with Crippen LogP contribution in [0.4, 0.5) is 4.79 Å². The normalized spacial score (nSPS) is 12.1. The van der Waals surface area contributed by atoms with Gasteiger partial charge in [0.15, 0.2) is 0 Å². The lowest BCUT2D eigenvalue weighted by molar-refractivity contribution is 0.183. The van der Waals surface area contributed by atoms with E-state index in [0.29, 0.717) is 11.9 Å². The Hall–Kier alpha value is -3.04. The molecule has 0 aliphatic rings. The van der Waals surface area contributed by atoms with Crippen molar-refractivity contribution >= 4 is 13.2 Å². The first-order chi connectivity index (χ1) is 16.9. The lowest BCUT2D eigenvalue weighted by Gasteiger charge is -2.19. The number of ether oxygens (including phenoxy) is 1. The topological polar surface area (TPSA) is 75.6 Å². The molecular formula is C29H36NO4P. The van der Waals surface area contributed by atoms with Crippen LogP contribution in [0.25, 0.3) is 0 Å². The Kier molecular flexibility index (Phi) is 10.4. The van der Waals surface area contributed by atoms with Crippen LogP contribution in [0.2, 0.25) is 0 Å². The number of hydrogen-bond acceptors (Lipinski definition) is 3.